The highest BCUT2D eigenvalue weighted by Crippen LogP contribution is 2.34. The number of hydrogen-bond donors (Lipinski definition) is 2. The van der Waals surface area contributed by atoms with E-state index in [1.165, 1.54) is 6.92 Å². The molecule has 2 aliphatic rings. The topological polar surface area (TPSA) is 90.6 Å². The van der Waals surface area contributed by atoms with Crippen LogP contribution in [0, 0.1) is 12.8 Å². The molecule has 5 rings (SSSR count). The minimum Gasteiger partial charge on any atom is -0.491 e. The summed E-state index contributed by atoms with van der Waals surface area (Å²) in [6, 6.07) is 10.1. The molecular formula is C26H30FN5O3. The van der Waals surface area contributed by atoms with Gasteiger partial charge in [0.2, 0.25) is 11.9 Å². The zero-order chi connectivity index (χ0) is 24.5. The van der Waals surface area contributed by atoms with Crippen LogP contribution in [0.5, 0.6) is 5.75 Å². The second-order valence-electron chi connectivity index (χ2n) is 9.42. The molecule has 2 aromatic carbocycles. The van der Waals surface area contributed by atoms with Crippen LogP contribution in [0.1, 0.15) is 30.9 Å². The molecule has 0 saturated carbocycles. The number of rotatable bonds is 3. The third kappa shape index (κ3) is 4.80. The number of halogens is 1. The number of H-pyrrole nitrogens is 1. The number of anilines is 1. The summed E-state index contributed by atoms with van der Waals surface area (Å²) in [5.41, 5.74) is 5.56. The fraction of sp³-hybridized carbons (Fsp3) is 0.423. The third-order valence-electron chi connectivity index (χ3n) is 6.80. The first-order valence-corrected chi connectivity index (χ1v) is 12.0. The van der Waals surface area contributed by atoms with Gasteiger partial charge in [0.05, 0.1) is 30.8 Å². The highest BCUT2D eigenvalue weighted by Gasteiger charge is 2.28. The van der Waals surface area contributed by atoms with Crippen molar-refractivity contribution in [3.63, 3.8) is 0 Å². The summed E-state index contributed by atoms with van der Waals surface area (Å²) in [6.07, 6.45) is 1.43. The van der Waals surface area contributed by atoms with Crippen molar-refractivity contribution in [3.05, 3.63) is 41.5 Å². The Hall–Kier alpha value is -3.62. The minimum absolute atomic E-state index is 0.00902. The number of imidazole rings is 1. The number of urea groups is 1. The molecule has 3 amide bonds. The molecule has 3 aromatic rings. The summed E-state index contributed by atoms with van der Waals surface area (Å²) in [5.74, 6) is 1.13. The number of aromatic amines is 1. The number of likely N-dealkylation sites (tertiary alicyclic amines) is 1. The van der Waals surface area contributed by atoms with Crippen LogP contribution in [-0.2, 0) is 11.3 Å². The van der Waals surface area contributed by atoms with E-state index in [-0.39, 0.29) is 24.5 Å². The molecule has 0 unspecified atom stereocenters. The quantitative estimate of drug-likeness (QED) is 0.579. The van der Waals surface area contributed by atoms with E-state index in [0.717, 1.165) is 39.0 Å². The number of nitrogens with one attached hydrogen (secondary N) is 2. The van der Waals surface area contributed by atoms with Gasteiger partial charge in [-0.05, 0) is 66.6 Å². The van der Waals surface area contributed by atoms with Crippen LogP contribution in [0.25, 0.3) is 22.2 Å². The summed E-state index contributed by atoms with van der Waals surface area (Å²) in [5, 5.41) is 2.68. The Bertz CT molecular complexity index is 1270. The van der Waals surface area contributed by atoms with Gasteiger partial charge in [-0.1, -0.05) is 6.07 Å². The van der Waals surface area contributed by atoms with Crippen molar-refractivity contribution >= 4 is 28.9 Å². The Morgan fingerprint density at radius 2 is 1.94 bits per heavy atom. The molecule has 0 radical (unpaired) electrons. The van der Waals surface area contributed by atoms with Gasteiger partial charge < -0.3 is 19.5 Å². The minimum atomic E-state index is -0.312. The average Bonchev–Trinajstić information content (AvgIpc) is 3.11. The van der Waals surface area contributed by atoms with E-state index in [1.54, 1.807) is 0 Å². The lowest BCUT2D eigenvalue weighted by Gasteiger charge is -2.34. The van der Waals surface area contributed by atoms with Gasteiger partial charge in [-0.3, -0.25) is 14.5 Å². The van der Waals surface area contributed by atoms with Crippen molar-refractivity contribution < 1.29 is 18.7 Å². The van der Waals surface area contributed by atoms with E-state index in [0.29, 0.717) is 51.6 Å². The molecule has 0 aliphatic carbocycles. The zero-order valence-corrected chi connectivity index (χ0v) is 20.1. The highest BCUT2D eigenvalue weighted by atomic mass is 19.1. The summed E-state index contributed by atoms with van der Waals surface area (Å²) in [7, 11) is 0. The van der Waals surface area contributed by atoms with Crippen LogP contribution >= 0.6 is 0 Å². The summed E-state index contributed by atoms with van der Waals surface area (Å²) < 4.78 is 19.0. The maximum atomic E-state index is 13.2. The van der Waals surface area contributed by atoms with Crippen LogP contribution in [0.2, 0.25) is 0 Å². The van der Waals surface area contributed by atoms with Gasteiger partial charge in [-0.2, -0.15) is 0 Å². The van der Waals surface area contributed by atoms with Crippen molar-refractivity contribution in [1.29, 1.82) is 0 Å². The number of benzene rings is 2. The Morgan fingerprint density at radius 3 is 2.69 bits per heavy atom. The van der Waals surface area contributed by atoms with Crippen molar-refractivity contribution in [2.75, 3.05) is 38.2 Å². The Morgan fingerprint density at radius 1 is 1.14 bits per heavy atom. The van der Waals surface area contributed by atoms with Gasteiger partial charge in [0.25, 0.3) is 0 Å². The smallest absolute Gasteiger partial charge is 0.320 e. The fourth-order valence-corrected chi connectivity index (χ4v) is 4.93. The molecule has 9 heteroatoms. The summed E-state index contributed by atoms with van der Waals surface area (Å²) >= 11 is 0. The molecule has 0 bridgehead atoms. The number of carbonyl (C=O) groups excluding carboxylic acids is 2. The maximum absolute atomic E-state index is 13.2. The number of piperidine rings is 1. The average molecular weight is 480 g/mol. The molecule has 2 N–H and O–H groups in total. The van der Waals surface area contributed by atoms with Crippen LogP contribution in [0.3, 0.4) is 0 Å². The van der Waals surface area contributed by atoms with Gasteiger partial charge in [0.15, 0.2) is 0 Å². The lowest BCUT2D eigenvalue weighted by Crippen LogP contribution is -2.47. The van der Waals surface area contributed by atoms with Crippen LogP contribution in [0.15, 0.2) is 30.3 Å². The van der Waals surface area contributed by atoms with Gasteiger partial charge >= 0.3 is 6.03 Å². The number of nitrogens with zero attached hydrogens (tertiary/aromatic N) is 3. The molecule has 0 atom stereocenters. The van der Waals surface area contributed by atoms with Gasteiger partial charge in [0, 0.05) is 25.6 Å². The predicted octanol–water partition coefficient (Wildman–Crippen LogP) is 4.49. The molecule has 1 saturated heterocycles. The van der Waals surface area contributed by atoms with Crippen molar-refractivity contribution in [2.45, 2.75) is 33.2 Å². The van der Waals surface area contributed by atoms with Crippen LogP contribution < -0.4 is 10.1 Å². The summed E-state index contributed by atoms with van der Waals surface area (Å²) in [6.45, 7) is 5.75. The summed E-state index contributed by atoms with van der Waals surface area (Å²) in [4.78, 5) is 35.8. The molecule has 8 nitrogen and oxygen atoms in total. The first-order valence-electron chi connectivity index (χ1n) is 12.0. The molecule has 1 fully saturated rings. The zero-order valence-electron chi connectivity index (χ0n) is 20.1. The number of aromatic nitrogens is 2. The predicted molar refractivity (Wildman–Crippen MR) is 132 cm³/mol. The lowest BCUT2D eigenvalue weighted by atomic mass is 9.98. The van der Waals surface area contributed by atoms with E-state index in [2.05, 4.69) is 27.4 Å². The van der Waals surface area contributed by atoms with E-state index in [9.17, 15) is 14.0 Å². The second-order valence-corrected chi connectivity index (χ2v) is 9.42. The fourth-order valence-electron chi connectivity index (χ4n) is 4.93. The number of aryl methyl sites for hydroxylation is 1. The molecule has 1 aromatic heterocycles. The molecule has 184 valence electrons. The molecule has 35 heavy (non-hydrogen) atoms. The van der Waals surface area contributed by atoms with Gasteiger partial charge in [-0.25, -0.2) is 9.78 Å². The van der Waals surface area contributed by atoms with Crippen molar-refractivity contribution in [1.82, 2.24) is 19.8 Å². The number of hydrogen-bond acceptors (Lipinski definition) is 4. The van der Waals surface area contributed by atoms with E-state index in [1.807, 2.05) is 34.9 Å². The van der Waals surface area contributed by atoms with Crippen molar-refractivity contribution in [3.8, 4) is 16.9 Å². The monoisotopic (exact) mass is 479 g/mol. The number of ether oxygens (including phenoxy) is 1. The number of carbonyl (C=O) groups is 2. The second kappa shape index (κ2) is 9.56. The standard InChI is InChI=1S/C26H30FN5O3/c1-16-11-20(19-3-4-22-23(13-19)30-25(29-22)28-17(2)33)12-21-15-32(9-10-35-24(16)21)26(34)31-7-5-18(14-27)6-8-31/h3-4,11-13,18H,5-10,14-15H2,1-2H3,(H2,28,29,30,33). The Labute approximate surface area is 203 Å². The molecule has 0 spiro atoms. The lowest BCUT2D eigenvalue weighted by molar-refractivity contribution is -0.114. The maximum Gasteiger partial charge on any atom is 0.320 e. The molecular weight excluding hydrogens is 449 g/mol. The first-order chi connectivity index (χ1) is 16.9. The van der Waals surface area contributed by atoms with E-state index < -0.39 is 0 Å². The largest absolute Gasteiger partial charge is 0.491 e. The molecule has 3 heterocycles. The first kappa shape index (κ1) is 23.1. The number of fused-ring (bicyclic) bond motifs is 2. The normalized spacial score (nSPS) is 16.5. The number of amides is 3. The van der Waals surface area contributed by atoms with Crippen LogP contribution in [0.4, 0.5) is 15.1 Å². The Kier molecular flexibility index (Phi) is 6.32. The third-order valence-corrected chi connectivity index (χ3v) is 6.80. The van der Waals surface area contributed by atoms with Gasteiger partial charge in [-0.15, -0.1) is 0 Å². The Balaban J connectivity index is 1.40. The van der Waals surface area contributed by atoms with E-state index >= 15 is 0 Å². The van der Waals surface area contributed by atoms with Crippen LogP contribution in [-0.4, -0.2) is 64.6 Å². The molecule has 2 aliphatic heterocycles. The number of alkyl halides is 1. The van der Waals surface area contributed by atoms with E-state index in [4.69, 9.17) is 4.74 Å². The van der Waals surface area contributed by atoms with Gasteiger partial charge in [0.1, 0.15) is 12.4 Å². The van der Waals surface area contributed by atoms with Crippen molar-refractivity contribution in [2.24, 2.45) is 5.92 Å². The SMILES string of the molecule is CC(=O)Nc1nc2cc(-c3cc(C)c4c(c3)CN(C(=O)N3CCC(CF)CC3)CCO4)ccc2[nH]1. The highest BCUT2D eigenvalue weighted by molar-refractivity contribution is 5.90.